The Morgan fingerprint density at radius 2 is 0.429 bits per heavy atom. The molecule has 9 aromatic rings. The highest BCUT2D eigenvalue weighted by Gasteiger charge is 2.53. The van der Waals surface area contributed by atoms with E-state index in [-0.39, 0.29) is 10.8 Å². The Morgan fingerprint density at radius 1 is 0.179 bits per heavy atom. The Labute approximate surface area is 327 Å². The third kappa shape index (κ3) is 3.56. The molecule has 0 heteroatoms. The molecule has 9 aromatic carbocycles. The van der Waals surface area contributed by atoms with Crippen molar-refractivity contribution in [2.45, 2.75) is 10.8 Å². The van der Waals surface area contributed by atoms with E-state index in [9.17, 15) is 0 Å². The molecule has 0 fully saturated rings. The summed E-state index contributed by atoms with van der Waals surface area (Å²) in [4.78, 5) is 0. The summed E-state index contributed by atoms with van der Waals surface area (Å²) < 4.78 is 0. The fourth-order valence-electron chi connectivity index (χ4n) is 11.4. The highest BCUT2D eigenvalue weighted by Crippen LogP contribution is 2.64. The lowest BCUT2D eigenvalue weighted by atomic mass is 9.70. The van der Waals surface area contributed by atoms with Crippen LogP contribution in [0.15, 0.2) is 206 Å². The number of fused-ring (bicyclic) bond motifs is 20. The van der Waals surface area contributed by atoms with E-state index in [1.807, 2.05) is 0 Å². The highest BCUT2D eigenvalue weighted by molar-refractivity contribution is 5.98. The summed E-state index contributed by atoms with van der Waals surface area (Å²) in [5.41, 5.74) is 25.9. The second-order valence-corrected chi connectivity index (χ2v) is 15.9. The zero-order valence-corrected chi connectivity index (χ0v) is 30.6. The van der Waals surface area contributed by atoms with Gasteiger partial charge >= 0.3 is 0 Å². The van der Waals surface area contributed by atoms with Gasteiger partial charge in [0.15, 0.2) is 0 Å². The van der Waals surface area contributed by atoms with E-state index in [2.05, 4.69) is 206 Å². The van der Waals surface area contributed by atoms with Gasteiger partial charge in [-0.3, -0.25) is 0 Å². The summed E-state index contributed by atoms with van der Waals surface area (Å²) in [5.74, 6) is 0. The molecular weight excluding hydrogens is 673 g/mol. The summed E-state index contributed by atoms with van der Waals surface area (Å²) in [7, 11) is 0. The van der Waals surface area contributed by atoms with Gasteiger partial charge in [-0.25, -0.2) is 0 Å². The molecular formula is C56H34. The van der Waals surface area contributed by atoms with Gasteiger partial charge in [0.05, 0.1) is 10.8 Å². The first kappa shape index (κ1) is 30.3. The normalized spacial score (nSPS) is 14.7. The lowest BCUT2D eigenvalue weighted by Gasteiger charge is -2.31. The van der Waals surface area contributed by atoms with E-state index in [0.29, 0.717) is 0 Å². The van der Waals surface area contributed by atoms with Gasteiger partial charge in [0.2, 0.25) is 0 Å². The summed E-state index contributed by atoms with van der Waals surface area (Å²) in [6.45, 7) is 0. The molecule has 0 atom stereocenters. The van der Waals surface area contributed by atoms with Crippen molar-refractivity contribution >= 4 is 0 Å². The fraction of sp³-hybridized carbons (Fsp3) is 0.0357. The van der Waals surface area contributed by atoms with Crippen molar-refractivity contribution < 1.29 is 0 Å². The van der Waals surface area contributed by atoms with Crippen LogP contribution in [0.3, 0.4) is 0 Å². The molecule has 0 aliphatic heterocycles. The van der Waals surface area contributed by atoms with Gasteiger partial charge in [-0.1, -0.05) is 188 Å². The fourth-order valence-corrected chi connectivity index (χ4v) is 11.4. The Bertz CT molecular complexity index is 2820. The minimum Gasteiger partial charge on any atom is -0.0619 e. The van der Waals surface area contributed by atoms with E-state index in [1.54, 1.807) is 0 Å². The number of hydrogen-bond donors (Lipinski definition) is 0. The highest BCUT2D eigenvalue weighted by atomic mass is 14.5. The first-order valence-electron chi connectivity index (χ1n) is 19.8. The van der Waals surface area contributed by atoms with Crippen LogP contribution in [-0.2, 0) is 10.8 Å². The zero-order valence-electron chi connectivity index (χ0n) is 30.6. The first-order chi connectivity index (χ1) is 27.8. The Hall–Kier alpha value is -7.02. The monoisotopic (exact) mass is 706 g/mol. The smallest absolute Gasteiger partial charge is 0.0619 e. The van der Waals surface area contributed by atoms with E-state index in [0.717, 1.165) is 0 Å². The molecule has 0 N–H and O–H groups in total. The van der Waals surface area contributed by atoms with Crippen LogP contribution in [0.25, 0.3) is 66.8 Å². The molecule has 56 heavy (non-hydrogen) atoms. The minimum absolute atomic E-state index is 0.357. The SMILES string of the molecule is c1cc(-c2ccc3c(c2)C2(c4ccccc4-c4ccccc42)c2ccccc2-3)cc(-c2ccc3c(c2)C2(c4ccccc4-c4ccccc42)c2ccccc2-3)c1. The molecule has 0 unspecified atom stereocenters. The maximum Gasteiger partial charge on any atom is 0.0725 e. The molecule has 0 saturated heterocycles. The van der Waals surface area contributed by atoms with Crippen molar-refractivity contribution in [3.05, 3.63) is 251 Å². The minimum atomic E-state index is -0.357. The zero-order chi connectivity index (χ0) is 36.6. The molecule has 0 saturated carbocycles. The second-order valence-electron chi connectivity index (χ2n) is 15.9. The Kier molecular flexibility index (Phi) is 5.85. The van der Waals surface area contributed by atoms with Crippen LogP contribution in [0.1, 0.15) is 44.5 Å². The van der Waals surface area contributed by atoms with E-state index >= 15 is 0 Å². The summed E-state index contributed by atoms with van der Waals surface area (Å²) >= 11 is 0. The van der Waals surface area contributed by atoms with Crippen LogP contribution in [0.4, 0.5) is 0 Å². The molecule has 0 radical (unpaired) electrons. The van der Waals surface area contributed by atoms with Gasteiger partial charge in [-0.05, 0) is 129 Å². The van der Waals surface area contributed by atoms with Crippen LogP contribution in [0.5, 0.6) is 0 Å². The van der Waals surface area contributed by atoms with Crippen molar-refractivity contribution in [2.75, 3.05) is 0 Å². The number of hydrogen-bond acceptors (Lipinski definition) is 0. The van der Waals surface area contributed by atoms with Gasteiger partial charge in [-0.15, -0.1) is 0 Å². The topological polar surface area (TPSA) is 0 Å². The second kappa shape index (κ2) is 10.8. The summed E-state index contributed by atoms with van der Waals surface area (Å²) in [5, 5.41) is 0. The van der Waals surface area contributed by atoms with Crippen molar-refractivity contribution in [3.63, 3.8) is 0 Å². The van der Waals surface area contributed by atoms with E-state index in [1.165, 1.54) is 111 Å². The molecule has 0 amide bonds. The van der Waals surface area contributed by atoms with Gasteiger partial charge in [-0.2, -0.15) is 0 Å². The molecule has 0 aromatic heterocycles. The number of benzene rings is 9. The molecule has 0 nitrogen and oxygen atoms in total. The van der Waals surface area contributed by atoms with Crippen molar-refractivity contribution in [3.8, 4) is 66.8 Å². The van der Waals surface area contributed by atoms with Gasteiger partial charge in [0.1, 0.15) is 0 Å². The molecule has 258 valence electrons. The molecule has 13 rings (SSSR count). The summed E-state index contributed by atoms with van der Waals surface area (Å²) in [6.07, 6.45) is 0. The quantitative estimate of drug-likeness (QED) is 0.168. The average Bonchev–Trinajstić information content (AvgIpc) is 3.95. The van der Waals surface area contributed by atoms with Crippen molar-refractivity contribution in [2.24, 2.45) is 0 Å². The maximum absolute atomic E-state index is 2.49. The Balaban J connectivity index is 0.994. The molecule has 2 spiro atoms. The van der Waals surface area contributed by atoms with Crippen molar-refractivity contribution in [1.82, 2.24) is 0 Å². The van der Waals surface area contributed by atoms with E-state index in [4.69, 9.17) is 0 Å². The van der Waals surface area contributed by atoms with Gasteiger partial charge in [0, 0.05) is 0 Å². The molecule has 0 heterocycles. The maximum atomic E-state index is 2.49. The lowest BCUT2D eigenvalue weighted by Crippen LogP contribution is -2.25. The van der Waals surface area contributed by atoms with Crippen LogP contribution >= 0.6 is 0 Å². The third-order valence-electron chi connectivity index (χ3n) is 13.5. The van der Waals surface area contributed by atoms with Crippen LogP contribution < -0.4 is 0 Å². The number of rotatable bonds is 2. The van der Waals surface area contributed by atoms with Gasteiger partial charge in [0.25, 0.3) is 0 Å². The standard InChI is InChI=1S/C56H34/c1-7-22-47-39(16-1)40-17-2-8-23-48(40)55(47)51-26-11-5-20-43(51)45-30-28-37(33-53(45)55)35-14-13-15-36(32-35)38-29-31-46-44-21-6-12-27-52(44)56(54(46)34-38)49-24-9-3-18-41(49)42-19-4-10-25-50(42)56/h1-34H. The predicted octanol–water partition coefficient (Wildman–Crippen LogP) is 13.7. The van der Waals surface area contributed by atoms with Crippen LogP contribution in [-0.4, -0.2) is 0 Å². The van der Waals surface area contributed by atoms with Crippen molar-refractivity contribution in [1.29, 1.82) is 0 Å². The summed E-state index contributed by atoms with van der Waals surface area (Å²) in [6, 6.07) is 78.0. The third-order valence-corrected chi connectivity index (χ3v) is 13.5. The molecule has 0 bridgehead atoms. The van der Waals surface area contributed by atoms with E-state index < -0.39 is 0 Å². The van der Waals surface area contributed by atoms with Crippen LogP contribution in [0.2, 0.25) is 0 Å². The van der Waals surface area contributed by atoms with Crippen LogP contribution in [0, 0.1) is 0 Å². The predicted molar refractivity (Wildman–Crippen MR) is 230 cm³/mol. The lowest BCUT2D eigenvalue weighted by molar-refractivity contribution is 0.794. The largest absolute Gasteiger partial charge is 0.0725 e. The Morgan fingerprint density at radius 3 is 0.732 bits per heavy atom. The first-order valence-corrected chi connectivity index (χ1v) is 19.8. The molecule has 4 aliphatic rings. The van der Waals surface area contributed by atoms with Gasteiger partial charge < -0.3 is 0 Å². The average molecular weight is 707 g/mol. The molecule has 4 aliphatic carbocycles.